The lowest BCUT2D eigenvalue weighted by atomic mass is 9.75. The van der Waals surface area contributed by atoms with Crippen LogP contribution in [0, 0.1) is 6.92 Å². The first-order chi connectivity index (χ1) is 18.7. The number of carboxylic acids is 1. The number of hydrogen-bond donors (Lipinski definition) is 4. The summed E-state index contributed by atoms with van der Waals surface area (Å²) in [6, 6.07) is 19.9. The highest BCUT2D eigenvalue weighted by Gasteiger charge is 2.39. The molecule has 0 saturated heterocycles. The lowest BCUT2D eigenvalue weighted by molar-refractivity contribution is -0.110. The van der Waals surface area contributed by atoms with Gasteiger partial charge in [-0.2, -0.15) is 0 Å². The van der Waals surface area contributed by atoms with Gasteiger partial charge >= 0.3 is 5.97 Å². The Kier molecular flexibility index (Phi) is 6.97. The minimum Gasteiger partial charge on any atom is -0.478 e. The maximum absolute atomic E-state index is 13.2. The molecule has 0 bridgehead atoms. The molecule has 8 heteroatoms. The van der Waals surface area contributed by atoms with Crippen molar-refractivity contribution in [3.05, 3.63) is 94.5 Å². The molecule has 1 saturated carbocycles. The number of carbonyl (C=O) groups excluding carboxylic acids is 2. The number of carbonyl (C=O) groups is 3. The van der Waals surface area contributed by atoms with Crippen LogP contribution < -0.4 is 16.0 Å². The van der Waals surface area contributed by atoms with Gasteiger partial charge in [-0.05, 0) is 87.8 Å². The standard InChI is InChI=1S/C31H32N4O4/c1-19-16-24-25(17-23(19)30(38)39)34-29(37)26(24)27(20-8-5-4-6-9-20)33-22-12-10-21(11-13-22)28(36)32-18-31(35(2)3)14-7-15-31/h4-6,8-13,16-17,33H,7,14-15,18H2,1-3H3,(H,32,36)(H,34,37)(H,38,39)/b27-26+. The van der Waals surface area contributed by atoms with Crippen LogP contribution in [0.2, 0.25) is 0 Å². The van der Waals surface area contributed by atoms with Crippen molar-refractivity contribution in [2.45, 2.75) is 31.7 Å². The van der Waals surface area contributed by atoms with Crippen molar-refractivity contribution in [3.63, 3.8) is 0 Å². The molecule has 39 heavy (non-hydrogen) atoms. The van der Waals surface area contributed by atoms with E-state index < -0.39 is 5.97 Å². The van der Waals surface area contributed by atoms with Crippen molar-refractivity contribution in [1.29, 1.82) is 0 Å². The Bertz CT molecular complexity index is 1470. The van der Waals surface area contributed by atoms with Gasteiger partial charge in [-0.15, -0.1) is 0 Å². The highest BCUT2D eigenvalue weighted by atomic mass is 16.4. The van der Waals surface area contributed by atoms with Gasteiger partial charge in [-0.3, -0.25) is 9.59 Å². The maximum Gasteiger partial charge on any atom is 0.336 e. The second kappa shape index (κ2) is 10.4. The predicted molar refractivity (Wildman–Crippen MR) is 153 cm³/mol. The quantitative estimate of drug-likeness (QED) is 0.314. The average molecular weight is 525 g/mol. The van der Waals surface area contributed by atoms with Crippen molar-refractivity contribution in [2.75, 3.05) is 31.3 Å². The minimum atomic E-state index is -1.04. The molecule has 5 rings (SSSR count). The third kappa shape index (κ3) is 5.03. The van der Waals surface area contributed by atoms with E-state index in [4.69, 9.17) is 0 Å². The van der Waals surface area contributed by atoms with E-state index in [0.717, 1.165) is 18.4 Å². The number of hydrogen-bond acceptors (Lipinski definition) is 5. The zero-order valence-corrected chi connectivity index (χ0v) is 22.3. The molecular weight excluding hydrogens is 492 g/mol. The Morgan fingerprint density at radius 2 is 1.69 bits per heavy atom. The average Bonchev–Trinajstić information content (AvgIpc) is 3.20. The molecule has 3 aromatic carbocycles. The van der Waals surface area contributed by atoms with Crippen molar-refractivity contribution >= 4 is 40.4 Å². The number of aromatic carboxylic acids is 1. The molecule has 1 aliphatic heterocycles. The van der Waals surface area contributed by atoms with Crippen LogP contribution in [0.1, 0.15) is 56.7 Å². The summed E-state index contributed by atoms with van der Waals surface area (Å²) in [4.78, 5) is 39.9. The molecule has 1 fully saturated rings. The van der Waals surface area contributed by atoms with E-state index in [1.165, 1.54) is 12.5 Å². The van der Waals surface area contributed by atoms with Gasteiger partial charge in [0.1, 0.15) is 0 Å². The van der Waals surface area contributed by atoms with Crippen LogP contribution in [0.3, 0.4) is 0 Å². The lowest BCUT2D eigenvalue weighted by Gasteiger charge is -2.47. The van der Waals surface area contributed by atoms with Gasteiger partial charge in [0.05, 0.1) is 22.5 Å². The van der Waals surface area contributed by atoms with Gasteiger partial charge in [0.2, 0.25) is 0 Å². The fourth-order valence-corrected chi connectivity index (χ4v) is 5.25. The van der Waals surface area contributed by atoms with Crippen molar-refractivity contribution in [1.82, 2.24) is 10.2 Å². The Labute approximate surface area is 227 Å². The summed E-state index contributed by atoms with van der Waals surface area (Å²) in [5, 5.41) is 18.8. The molecule has 200 valence electrons. The predicted octanol–water partition coefficient (Wildman–Crippen LogP) is 4.84. The highest BCUT2D eigenvalue weighted by Crippen LogP contribution is 2.39. The number of benzene rings is 3. The summed E-state index contributed by atoms with van der Waals surface area (Å²) in [6.07, 6.45) is 3.33. The fourth-order valence-electron chi connectivity index (χ4n) is 5.25. The number of likely N-dealkylation sites (N-methyl/N-ethyl adjacent to an activating group) is 1. The Morgan fingerprint density at radius 1 is 1.00 bits per heavy atom. The molecule has 8 nitrogen and oxygen atoms in total. The minimum absolute atomic E-state index is 0.0374. The third-order valence-electron chi connectivity index (χ3n) is 7.88. The second-order valence-corrected chi connectivity index (χ2v) is 10.4. The zero-order chi connectivity index (χ0) is 27.7. The number of fused-ring (bicyclic) bond motifs is 1. The molecule has 2 amide bonds. The van der Waals surface area contributed by atoms with E-state index in [-0.39, 0.29) is 22.9 Å². The summed E-state index contributed by atoms with van der Waals surface area (Å²) in [5.41, 5.74) is 4.92. The van der Waals surface area contributed by atoms with Crippen molar-refractivity contribution in [2.24, 2.45) is 0 Å². The summed E-state index contributed by atoms with van der Waals surface area (Å²) in [5.74, 6) is -1.48. The Balaban J connectivity index is 1.44. The maximum atomic E-state index is 13.2. The molecule has 4 N–H and O–H groups in total. The van der Waals surface area contributed by atoms with Crippen LogP contribution >= 0.6 is 0 Å². The molecule has 0 radical (unpaired) electrons. The number of rotatable bonds is 8. The van der Waals surface area contributed by atoms with Crippen LogP contribution in [0.15, 0.2) is 66.7 Å². The van der Waals surface area contributed by atoms with E-state index in [0.29, 0.717) is 45.9 Å². The first kappa shape index (κ1) is 26.2. The largest absolute Gasteiger partial charge is 0.478 e. The molecule has 0 aromatic heterocycles. The van der Waals surface area contributed by atoms with E-state index in [1.54, 1.807) is 25.1 Å². The van der Waals surface area contributed by atoms with E-state index in [1.807, 2.05) is 42.5 Å². The molecule has 2 aliphatic rings. The molecule has 0 spiro atoms. The monoisotopic (exact) mass is 524 g/mol. The summed E-state index contributed by atoms with van der Waals surface area (Å²) < 4.78 is 0. The van der Waals surface area contributed by atoms with Gasteiger partial charge in [-0.1, -0.05) is 30.3 Å². The van der Waals surface area contributed by atoms with Crippen LogP contribution in [-0.2, 0) is 4.79 Å². The van der Waals surface area contributed by atoms with Crippen molar-refractivity contribution in [3.8, 4) is 0 Å². The van der Waals surface area contributed by atoms with Gasteiger partial charge in [0, 0.05) is 28.9 Å². The number of anilines is 2. The number of aryl methyl sites for hydroxylation is 1. The van der Waals surface area contributed by atoms with Crippen molar-refractivity contribution < 1.29 is 19.5 Å². The third-order valence-corrected chi connectivity index (χ3v) is 7.88. The first-order valence-corrected chi connectivity index (χ1v) is 13.0. The molecule has 0 atom stereocenters. The fraction of sp³-hybridized carbons (Fsp3) is 0.258. The Hall–Kier alpha value is -4.43. The normalized spacial score (nSPS) is 16.7. The molecule has 1 aliphatic carbocycles. The summed E-state index contributed by atoms with van der Waals surface area (Å²) in [7, 11) is 4.11. The van der Waals surface area contributed by atoms with E-state index >= 15 is 0 Å². The highest BCUT2D eigenvalue weighted by molar-refractivity contribution is 6.37. The zero-order valence-electron chi connectivity index (χ0n) is 22.3. The number of nitrogens with one attached hydrogen (secondary N) is 3. The molecule has 3 aromatic rings. The van der Waals surface area contributed by atoms with Gasteiger partial charge in [0.25, 0.3) is 11.8 Å². The first-order valence-electron chi connectivity index (χ1n) is 13.0. The summed E-state index contributed by atoms with van der Waals surface area (Å²) >= 11 is 0. The topological polar surface area (TPSA) is 111 Å². The van der Waals surface area contributed by atoms with Crippen LogP contribution in [-0.4, -0.2) is 54.0 Å². The summed E-state index contributed by atoms with van der Waals surface area (Å²) in [6.45, 7) is 2.33. The second-order valence-electron chi connectivity index (χ2n) is 10.4. The van der Waals surface area contributed by atoms with E-state index in [9.17, 15) is 19.5 Å². The number of amides is 2. The molecule has 1 heterocycles. The smallest absolute Gasteiger partial charge is 0.336 e. The lowest BCUT2D eigenvalue weighted by Crippen LogP contribution is -2.57. The van der Waals surface area contributed by atoms with Gasteiger partial charge in [-0.25, -0.2) is 4.79 Å². The molecule has 0 unspecified atom stereocenters. The van der Waals surface area contributed by atoms with Crippen LogP contribution in [0.25, 0.3) is 11.3 Å². The van der Waals surface area contributed by atoms with Crippen LogP contribution in [0.5, 0.6) is 0 Å². The SMILES string of the molecule is Cc1cc2c(cc1C(=O)O)NC(=O)/C2=C(/Nc1ccc(C(=O)NCC2(N(C)C)CCC2)cc1)c1ccccc1. The van der Waals surface area contributed by atoms with E-state index in [2.05, 4.69) is 34.9 Å². The number of nitrogens with zero attached hydrogens (tertiary/aromatic N) is 1. The van der Waals surface area contributed by atoms with Gasteiger partial charge < -0.3 is 26.0 Å². The number of carboxylic acid groups (broad SMARTS) is 1. The molecular formula is C31H32N4O4. The van der Waals surface area contributed by atoms with Crippen LogP contribution in [0.4, 0.5) is 11.4 Å². The Morgan fingerprint density at radius 3 is 2.28 bits per heavy atom. The van der Waals surface area contributed by atoms with Gasteiger partial charge in [0.15, 0.2) is 0 Å².